The minimum atomic E-state index is 0.181. The standard InChI is InChI=1S/C22H19N4O2/c1-28-15-17-7-8-25(12-17)20-5-6-21-19(10-20)13-26(27)14-22(24-21)18-4-2-3-16(9-18)11-23/h2-10,12H,13-15H2,1H3/q+1. The third-order valence-electron chi connectivity index (χ3n) is 4.68. The number of hydrogen-bond acceptors (Lipinski definition) is 4. The molecule has 2 aromatic carbocycles. The quantitative estimate of drug-likeness (QED) is 0.653. The van der Waals surface area contributed by atoms with Gasteiger partial charge in [-0.05, 0) is 42.0 Å². The first-order chi connectivity index (χ1) is 13.7. The van der Waals surface area contributed by atoms with Crippen LogP contribution < -0.4 is 0 Å². The topological polar surface area (TPSA) is 70.4 Å². The molecule has 0 N–H and O–H groups in total. The van der Waals surface area contributed by atoms with E-state index in [1.54, 1.807) is 19.2 Å². The molecule has 0 atom stereocenters. The van der Waals surface area contributed by atoms with E-state index in [4.69, 9.17) is 15.0 Å². The van der Waals surface area contributed by atoms with Gasteiger partial charge < -0.3 is 9.30 Å². The maximum Gasteiger partial charge on any atom is 0.234 e. The third kappa shape index (κ3) is 3.61. The molecule has 0 amide bonds. The Balaban J connectivity index is 1.72. The lowest BCUT2D eigenvalue weighted by Gasteiger charge is -2.06. The number of aliphatic imine (C=N–C) groups is 1. The molecule has 6 nitrogen and oxygen atoms in total. The van der Waals surface area contributed by atoms with E-state index in [0.29, 0.717) is 17.9 Å². The number of fused-ring (bicyclic) bond motifs is 1. The second-order valence-electron chi connectivity index (χ2n) is 6.72. The van der Waals surface area contributed by atoms with Gasteiger partial charge in [-0.25, -0.2) is 4.99 Å². The Morgan fingerprint density at radius 2 is 2.11 bits per heavy atom. The summed E-state index contributed by atoms with van der Waals surface area (Å²) in [5.41, 5.74) is 5.73. The molecular weight excluding hydrogens is 352 g/mol. The van der Waals surface area contributed by atoms with Gasteiger partial charge in [-0.2, -0.15) is 5.26 Å². The third-order valence-corrected chi connectivity index (χ3v) is 4.68. The predicted octanol–water partition coefficient (Wildman–Crippen LogP) is 3.91. The number of nitriles is 1. The fourth-order valence-electron chi connectivity index (χ4n) is 3.34. The maximum atomic E-state index is 12.5. The van der Waals surface area contributed by atoms with E-state index in [0.717, 1.165) is 32.8 Å². The van der Waals surface area contributed by atoms with E-state index >= 15 is 0 Å². The molecule has 0 radical (unpaired) electrons. The summed E-state index contributed by atoms with van der Waals surface area (Å²) in [5.74, 6) is 0. The molecule has 0 saturated heterocycles. The predicted molar refractivity (Wildman–Crippen MR) is 106 cm³/mol. The number of methoxy groups -OCH3 is 1. The van der Waals surface area contributed by atoms with Crippen molar-refractivity contribution in [3.63, 3.8) is 0 Å². The number of aromatic nitrogens is 1. The molecule has 28 heavy (non-hydrogen) atoms. The van der Waals surface area contributed by atoms with Crippen molar-refractivity contribution in [3.05, 3.63) is 88.1 Å². The van der Waals surface area contributed by atoms with Crippen molar-refractivity contribution in [1.29, 1.82) is 5.26 Å². The molecule has 0 aliphatic carbocycles. The van der Waals surface area contributed by atoms with Crippen LogP contribution in [0, 0.1) is 16.2 Å². The highest BCUT2D eigenvalue weighted by Crippen LogP contribution is 2.27. The van der Waals surface area contributed by atoms with Gasteiger partial charge in [0, 0.05) is 46.0 Å². The van der Waals surface area contributed by atoms with Crippen LogP contribution >= 0.6 is 0 Å². The summed E-state index contributed by atoms with van der Waals surface area (Å²) in [6, 6.07) is 17.3. The number of hydrogen-bond donors (Lipinski definition) is 0. The summed E-state index contributed by atoms with van der Waals surface area (Å²) in [5, 5.41) is 9.13. The molecule has 0 fully saturated rings. The zero-order valence-corrected chi connectivity index (χ0v) is 15.5. The number of ether oxygens (including phenoxy) is 1. The van der Waals surface area contributed by atoms with Crippen LogP contribution in [-0.4, -0.2) is 28.7 Å². The highest BCUT2D eigenvalue weighted by molar-refractivity contribution is 6.03. The molecule has 138 valence electrons. The largest absolute Gasteiger partial charge is 0.380 e. The Labute approximate surface area is 162 Å². The fourth-order valence-corrected chi connectivity index (χ4v) is 3.34. The van der Waals surface area contributed by atoms with Crippen molar-refractivity contribution in [2.75, 3.05) is 13.7 Å². The minimum absolute atomic E-state index is 0.181. The Morgan fingerprint density at radius 3 is 2.93 bits per heavy atom. The molecule has 1 aliphatic heterocycles. The molecule has 0 spiro atoms. The Bertz CT molecular complexity index is 1120. The van der Waals surface area contributed by atoms with Gasteiger partial charge in [0.05, 0.1) is 23.9 Å². The van der Waals surface area contributed by atoms with E-state index in [2.05, 4.69) is 6.07 Å². The van der Waals surface area contributed by atoms with Gasteiger partial charge in [0.1, 0.15) is 5.71 Å². The van der Waals surface area contributed by atoms with Gasteiger partial charge in [0.15, 0.2) is 0 Å². The Morgan fingerprint density at radius 1 is 1.21 bits per heavy atom. The van der Waals surface area contributed by atoms with Crippen LogP contribution in [0.3, 0.4) is 0 Å². The van der Waals surface area contributed by atoms with Crippen molar-refractivity contribution in [1.82, 2.24) is 4.57 Å². The molecule has 1 aliphatic rings. The molecule has 0 bridgehead atoms. The summed E-state index contributed by atoms with van der Waals surface area (Å²) in [6.45, 7) is 1.00. The molecule has 4 rings (SSSR count). The molecule has 3 aromatic rings. The smallest absolute Gasteiger partial charge is 0.234 e. The molecule has 0 saturated carbocycles. The van der Waals surface area contributed by atoms with Crippen molar-refractivity contribution < 1.29 is 9.50 Å². The Kier molecular flexibility index (Phi) is 4.83. The SMILES string of the molecule is COCc1ccn(-c2ccc3c(c2)C[N+](=O)CC(c2cccc(C#N)c2)=N3)c1. The van der Waals surface area contributed by atoms with Crippen molar-refractivity contribution >= 4 is 11.4 Å². The van der Waals surface area contributed by atoms with Gasteiger partial charge in [-0.3, -0.25) is 0 Å². The number of benzene rings is 2. The first-order valence-corrected chi connectivity index (χ1v) is 8.95. The lowest BCUT2D eigenvalue weighted by atomic mass is 10.1. The monoisotopic (exact) mass is 371 g/mol. The second-order valence-corrected chi connectivity index (χ2v) is 6.72. The average molecular weight is 371 g/mol. The highest BCUT2D eigenvalue weighted by atomic mass is 16.5. The van der Waals surface area contributed by atoms with Gasteiger partial charge in [0.2, 0.25) is 13.1 Å². The van der Waals surface area contributed by atoms with E-state index in [1.807, 2.05) is 53.4 Å². The highest BCUT2D eigenvalue weighted by Gasteiger charge is 2.23. The summed E-state index contributed by atoms with van der Waals surface area (Å²) in [4.78, 5) is 17.2. The van der Waals surface area contributed by atoms with Crippen LogP contribution in [-0.2, 0) is 17.9 Å². The summed E-state index contributed by atoms with van der Waals surface area (Å²) >= 11 is 0. The minimum Gasteiger partial charge on any atom is -0.380 e. The summed E-state index contributed by atoms with van der Waals surface area (Å²) in [7, 11) is 1.67. The van der Waals surface area contributed by atoms with Crippen LogP contribution in [0.1, 0.15) is 22.3 Å². The number of nitroso groups, excluding NO2 is 1. The first kappa shape index (κ1) is 17.8. The maximum absolute atomic E-state index is 12.5. The van der Waals surface area contributed by atoms with Gasteiger partial charge >= 0.3 is 0 Å². The molecular formula is C22H19N4O2+. The summed E-state index contributed by atoms with van der Waals surface area (Å²) < 4.78 is 8.18. The van der Waals surface area contributed by atoms with Crippen molar-refractivity contribution in [2.45, 2.75) is 13.2 Å². The van der Waals surface area contributed by atoms with Crippen molar-refractivity contribution in [3.8, 4) is 11.8 Å². The number of rotatable bonds is 4. The van der Waals surface area contributed by atoms with Crippen LogP contribution in [0.5, 0.6) is 0 Å². The lowest BCUT2D eigenvalue weighted by molar-refractivity contribution is -0.549. The molecule has 6 heteroatoms. The lowest BCUT2D eigenvalue weighted by Crippen LogP contribution is -2.17. The van der Waals surface area contributed by atoms with Crippen LogP contribution in [0.4, 0.5) is 5.69 Å². The fraction of sp³-hybridized carbons (Fsp3) is 0.182. The van der Waals surface area contributed by atoms with Gasteiger partial charge in [-0.15, -0.1) is 0 Å². The zero-order chi connectivity index (χ0) is 19.5. The number of nitrogens with zero attached hydrogens (tertiary/aromatic N) is 4. The summed E-state index contributed by atoms with van der Waals surface area (Å²) in [6.07, 6.45) is 3.99. The molecule has 0 unspecified atom stereocenters. The van der Waals surface area contributed by atoms with Crippen LogP contribution in [0.25, 0.3) is 5.69 Å². The van der Waals surface area contributed by atoms with E-state index in [-0.39, 0.29) is 13.1 Å². The molecule has 1 aromatic heterocycles. The Hall–Kier alpha value is -3.56. The van der Waals surface area contributed by atoms with Crippen LogP contribution in [0.2, 0.25) is 0 Å². The van der Waals surface area contributed by atoms with Gasteiger partial charge in [-0.1, -0.05) is 12.1 Å². The second kappa shape index (κ2) is 7.59. The van der Waals surface area contributed by atoms with E-state index in [9.17, 15) is 4.91 Å². The average Bonchev–Trinajstić information content (AvgIpc) is 3.10. The van der Waals surface area contributed by atoms with Crippen LogP contribution in [0.15, 0.2) is 65.9 Å². The van der Waals surface area contributed by atoms with Gasteiger partial charge in [0.25, 0.3) is 0 Å². The zero-order valence-electron chi connectivity index (χ0n) is 15.5. The normalized spacial score (nSPS) is 13.4. The first-order valence-electron chi connectivity index (χ1n) is 8.95. The van der Waals surface area contributed by atoms with E-state index < -0.39 is 0 Å². The molecule has 2 heterocycles. The van der Waals surface area contributed by atoms with E-state index in [1.165, 1.54) is 0 Å². The van der Waals surface area contributed by atoms with Crippen molar-refractivity contribution in [2.24, 2.45) is 4.99 Å².